The van der Waals surface area contributed by atoms with Crippen LogP contribution in [0.2, 0.25) is 0 Å². The zero-order valence-corrected chi connectivity index (χ0v) is 24.5. The number of likely N-dealkylation sites (tertiary alicyclic amines) is 1. The number of rotatable bonds is 7. The van der Waals surface area contributed by atoms with Crippen LogP contribution in [0.25, 0.3) is 10.9 Å². The van der Waals surface area contributed by atoms with Gasteiger partial charge >= 0.3 is 12.1 Å². The number of carbonyl (C=O) groups excluding carboxylic acids is 4. The molecule has 5 rings (SSSR count). The topological polar surface area (TPSA) is 145 Å². The normalized spacial score (nSPS) is 22.2. The number of ketones is 1. The fraction of sp³-hybridized carbons (Fsp3) is 0.407. The molecule has 2 saturated heterocycles. The van der Waals surface area contributed by atoms with Crippen LogP contribution in [-0.2, 0) is 30.4 Å². The minimum absolute atomic E-state index is 0.0283. The van der Waals surface area contributed by atoms with Crippen molar-refractivity contribution in [2.45, 2.75) is 50.6 Å². The average molecular weight is 685 g/mol. The summed E-state index contributed by atoms with van der Waals surface area (Å²) in [5.41, 5.74) is 0.832. The molecule has 234 valence electrons. The van der Waals surface area contributed by atoms with Crippen LogP contribution in [-0.4, -0.2) is 87.4 Å². The van der Waals surface area contributed by atoms with Gasteiger partial charge in [-0.25, -0.2) is 9.37 Å². The van der Waals surface area contributed by atoms with E-state index in [4.69, 9.17) is 9.47 Å². The van der Waals surface area contributed by atoms with Crippen molar-refractivity contribution < 1.29 is 46.2 Å². The number of ether oxygens (including phenoxy) is 2. The lowest BCUT2D eigenvalue weighted by Crippen LogP contribution is -2.49. The number of alkyl halides is 4. The molecule has 0 bridgehead atoms. The molecular weight excluding hydrogens is 660 g/mol. The van der Waals surface area contributed by atoms with Gasteiger partial charge in [-0.3, -0.25) is 23.9 Å². The van der Waals surface area contributed by atoms with Gasteiger partial charge in [0.15, 0.2) is 12.1 Å². The van der Waals surface area contributed by atoms with Crippen LogP contribution in [0.15, 0.2) is 41.0 Å². The molecule has 2 aliphatic heterocycles. The van der Waals surface area contributed by atoms with E-state index in [0.717, 1.165) is 4.90 Å². The fourth-order valence-corrected chi connectivity index (χ4v) is 5.33. The Hall–Kier alpha value is -3.96. The van der Waals surface area contributed by atoms with Gasteiger partial charge in [0.25, 0.3) is 0 Å². The van der Waals surface area contributed by atoms with Crippen molar-refractivity contribution in [3.05, 3.63) is 52.3 Å². The summed E-state index contributed by atoms with van der Waals surface area (Å²) in [6.45, 7) is 0.0795. The number of anilines is 1. The number of nitrogens with one attached hydrogen (secondary N) is 2. The van der Waals surface area contributed by atoms with Crippen molar-refractivity contribution >= 4 is 56.2 Å². The number of pyridine rings is 1. The van der Waals surface area contributed by atoms with Crippen molar-refractivity contribution in [3.63, 3.8) is 0 Å². The third kappa shape index (κ3) is 6.89. The summed E-state index contributed by atoms with van der Waals surface area (Å²) in [5, 5.41) is 9.04. The van der Waals surface area contributed by atoms with Gasteiger partial charge in [0.05, 0.1) is 31.3 Å². The van der Waals surface area contributed by atoms with Crippen LogP contribution in [0.3, 0.4) is 0 Å². The van der Waals surface area contributed by atoms with E-state index in [1.54, 1.807) is 41.7 Å². The number of halogens is 5. The van der Waals surface area contributed by atoms with Gasteiger partial charge < -0.3 is 25.0 Å². The molecule has 0 unspecified atom stereocenters. The molecule has 0 radical (unpaired) electrons. The second-order valence-corrected chi connectivity index (χ2v) is 11.0. The number of hydrogen-bond acceptors (Lipinski definition) is 8. The molecule has 3 amide bonds. The van der Waals surface area contributed by atoms with Crippen molar-refractivity contribution in [2.24, 2.45) is 0 Å². The Morgan fingerprint density at radius 3 is 2.50 bits per heavy atom. The molecule has 1 aromatic carbocycles. The quantitative estimate of drug-likeness (QED) is 0.220. The molecule has 3 aromatic rings. The number of hydrogen-bond donors (Lipinski definition) is 2. The second kappa shape index (κ2) is 12.6. The lowest BCUT2D eigenvalue weighted by Gasteiger charge is -2.30. The molecule has 2 N–H and O–H groups in total. The SMILES string of the molecule is CC(=O)c1nn(CC(=O)N2C[C@H](F)C[C@H]2C(=O)Nc2cccc(Br)n2)c2ccc(C3OCC(NC(=O)C(F)(F)F)CO3)cc12. The number of aromatic nitrogens is 3. The number of Topliss-reactive ketones (excluding diaryl/α,β-unsaturated/α-hetero) is 1. The van der Waals surface area contributed by atoms with E-state index in [1.807, 2.05) is 0 Å². The largest absolute Gasteiger partial charge is 0.471 e. The number of nitrogens with zero attached hydrogens (tertiary/aromatic N) is 4. The van der Waals surface area contributed by atoms with E-state index in [-0.39, 0.29) is 37.7 Å². The Bertz CT molecular complexity index is 1610. The number of carbonyl (C=O) groups is 4. The van der Waals surface area contributed by atoms with E-state index in [1.165, 1.54) is 11.6 Å². The molecule has 0 saturated carbocycles. The zero-order valence-electron chi connectivity index (χ0n) is 22.9. The van der Waals surface area contributed by atoms with E-state index in [9.17, 15) is 36.7 Å². The average Bonchev–Trinajstić information content (AvgIpc) is 3.53. The van der Waals surface area contributed by atoms with E-state index < -0.39 is 60.8 Å². The highest BCUT2D eigenvalue weighted by molar-refractivity contribution is 9.10. The molecule has 0 aliphatic carbocycles. The van der Waals surface area contributed by atoms with Crippen LogP contribution < -0.4 is 10.6 Å². The van der Waals surface area contributed by atoms with Crippen molar-refractivity contribution in [3.8, 4) is 0 Å². The predicted octanol–water partition coefficient (Wildman–Crippen LogP) is 3.07. The summed E-state index contributed by atoms with van der Waals surface area (Å²) in [5.74, 6) is -3.49. The maximum atomic E-state index is 14.5. The summed E-state index contributed by atoms with van der Waals surface area (Å²) in [6.07, 6.45) is -7.67. The molecular formula is C27H25BrF4N6O6. The molecule has 2 aromatic heterocycles. The lowest BCUT2D eigenvalue weighted by molar-refractivity contribution is -0.201. The summed E-state index contributed by atoms with van der Waals surface area (Å²) >= 11 is 3.21. The first-order valence-corrected chi connectivity index (χ1v) is 14.1. The predicted molar refractivity (Wildman–Crippen MR) is 148 cm³/mol. The summed E-state index contributed by atoms with van der Waals surface area (Å²) in [7, 11) is 0. The van der Waals surface area contributed by atoms with Gasteiger partial charge in [-0.05, 0) is 40.2 Å². The van der Waals surface area contributed by atoms with Gasteiger partial charge in [-0.2, -0.15) is 18.3 Å². The lowest BCUT2D eigenvalue weighted by atomic mass is 10.1. The molecule has 12 nitrogen and oxygen atoms in total. The molecule has 2 atom stereocenters. The summed E-state index contributed by atoms with van der Waals surface area (Å²) in [6, 6.07) is 7.45. The maximum absolute atomic E-state index is 14.5. The summed E-state index contributed by atoms with van der Waals surface area (Å²) < 4.78 is 64.9. The molecule has 2 aliphatic rings. The van der Waals surface area contributed by atoms with Crippen LogP contribution >= 0.6 is 15.9 Å². The Morgan fingerprint density at radius 2 is 1.84 bits per heavy atom. The van der Waals surface area contributed by atoms with Crippen LogP contribution in [0.1, 0.15) is 35.7 Å². The smallest absolute Gasteiger partial charge is 0.346 e. The fourth-order valence-electron chi connectivity index (χ4n) is 4.99. The third-order valence-corrected chi connectivity index (χ3v) is 7.44. The van der Waals surface area contributed by atoms with Crippen molar-refractivity contribution in [1.82, 2.24) is 25.0 Å². The number of benzene rings is 1. The maximum Gasteiger partial charge on any atom is 0.471 e. The first-order chi connectivity index (χ1) is 20.8. The van der Waals surface area contributed by atoms with Gasteiger partial charge in [-0.15, -0.1) is 0 Å². The monoisotopic (exact) mass is 684 g/mol. The van der Waals surface area contributed by atoms with E-state index in [2.05, 4.69) is 31.3 Å². The Morgan fingerprint density at radius 1 is 1.11 bits per heavy atom. The van der Waals surface area contributed by atoms with Gasteiger partial charge in [0.2, 0.25) is 11.8 Å². The molecule has 17 heteroatoms. The van der Waals surface area contributed by atoms with Gasteiger partial charge in [0, 0.05) is 24.3 Å². The Balaban J connectivity index is 1.30. The highest BCUT2D eigenvalue weighted by Gasteiger charge is 2.41. The Labute approximate surface area is 255 Å². The molecule has 2 fully saturated rings. The van der Waals surface area contributed by atoms with Gasteiger partial charge in [-0.1, -0.05) is 12.1 Å². The van der Waals surface area contributed by atoms with Crippen LogP contribution in [0.4, 0.5) is 23.4 Å². The number of fused-ring (bicyclic) bond motifs is 1. The highest BCUT2D eigenvalue weighted by Crippen LogP contribution is 2.29. The third-order valence-electron chi connectivity index (χ3n) is 6.99. The second-order valence-electron chi connectivity index (χ2n) is 10.2. The van der Waals surface area contributed by atoms with E-state index >= 15 is 0 Å². The first-order valence-electron chi connectivity index (χ1n) is 13.3. The minimum atomic E-state index is -5.04. The Kier molecular flexibility index (Phi) is 8.99. The molecule has 44 heavy (non-hydrogen) atoms. The van der Waals surface area contributed by atoms with Crippen LogP contribution in [0.5, 0.6) is 0 Å². The van der Waals surface area contributed by atoms with Gasteiger partial charge in [0.1, 0.15) is 34.9 Å². The minimum Gasteiger partial charge on any atom is -0.346 e. The molecule has 4 heterocycles. The highest BCUT2D eigenvalue weighted by atomic mass is 79.9. The summed E-state index contributed by atoms with van der Waals surface area (Å²) in [4.78, 5) is 55.2. The standard InChI is InChI=1S/C27H25BrF4N6O6/c1-13(39)23-17-7-14(25-43-11-16(12-44-25)33-26(42)27(30,31)32)5-6-18(17)38(36-23)10-22(40)37-9-15(29)8-19(37)24(41)35-21-4-2-3-20(28)34-21/h2-7,15-16,19,25H,8-12H2,1H3,(H,33,42)(H,34,35,41)/t15-,16?,19+,25?/m1/s1. The van der Waals surface area contributed by atoms with E-state index in [0.29, 0.717) is 21.1 Å². The zero-order chi connectivity index (χ0) is 31.8. The number of amides is 3. The van der Waals surface area contributed by atoms with Crippen LogP contribution in [0, 0.1) is 0 Å². The molecule has 0 spiro atoms. The van der Waals surface area contributed by atoms with Crippen molar-refractivity contribution in [1.29, 1.82) is 0 Å². The first kappa shape index (κ1) is 31.5. The van der Waals surface area contributed by atoms with Crippen molar-refractivity contribution in [2.75, 3.05) is 25.1 Å².